The van der Waals surface area contributed by atoms with Gasteiger partial charge in [-0.25, -0.2) is 0 Å². The number of carbonyl (C=O) groups excluding carboxylic acids is 1. The quantitative estimate of drug-likeness (QED) is 0.645. The molecule has 3 nitrogen and oxygen atoms in total. The second-order valence-corrected chi connectivity index (χ2v) is 6.71. The van der Waals surface area contributed by atoms with Gasteiger partial charge in [-0.15, -0.1) is 11.3 Å². The van der Waals surface area contributed by atoms with Gasteiger partial charge in [0.1, 0.15) is 0 Å². The summed E-state index contributed by atoms with van der Waals surface area (Å²) in [5.41, 5.74) is 1.05. The van der Waals surface area contributed by atoms with Gasteiger partial charge < -0.3 is 9.32 Å². The third-order valence-corrected chi connectivity index (χ3v) is 4.68. The van der Waals surface area contributed by atoms with Crippen molar-refractivity contribution in [1.82, 2.24) is 4.90 Å². The Morgan fingerprint density at radius 1 is 1.23 bits per heavy atom. The van der Waals surface area contributed by atoms with E-state index in [0.29, 0.717) is 13.1 Å². The summed E-state index contributed by atoms with van der Waals surface area (Å²) in [7, 11) is 0. The maximum atomic E-state index is 13.0. The van der Waals surface area contributed by atoms with Crippen molar-refractivity contribution < 1.29 is 9.21 Å². The van der Waals surface area contributed by atoms with Crippen molar-refractivity contribution in [1.29, 1.82) is 0 Å². The van der Waals surface area contributed by atoms with Gasteiger partial charge in [-0.2, -0.15) is 0 Å². The SMILES string of the molecule is CCCC(CCC)C(=O)N(Cc1ccoc1)Cc1cccs1. The second-order valence-electron chi connectivity index (χ2n) is 5.68. The molecule has 0 bridgehead atoms. The lowest BCUT2D eigenvalue weighted by molar-refractivity contribution is -0.137. The lowest BCUT2D eigenvalue weighted by Crippen LogP contribution is -2.35. The molecule has 0 aliphatic rings. The molecule has 2 aromatic heterocycles. The molecule has 0 atom stereocenters. The lowest BCUT2D eigenvalue weighted by atomic mass is 9.96. The summed E-state index contributed by atoms with van der Waals surface area (Å²) < 4.78 is 5.15. The molecule has 4 heteroatoms. The molecule has 0 aliphatic carbocycles. The molecule has 0 saturated heterocycles. The van der Waals surface area contributed by atoms with Crippen molar-refractivity contribution in [3.63, 3.8) is 0 Å². The van der Waals surface area contributed by atoms with Gasteiger partial charge in [0.2, 0.25) is 5.91 Å². The molecule has 0 unspecified atom stereocenters. The van der Waals surface area contributed by atoms with Crippen LogP contribution in [0.15, 0.2) is 40.5 Å². The monoisotopic (exact) mass is 319 g/mol. The highest BCUT2D eigenvalue weighted by Crippen LogP contribution is 2.22. The molecule has 0 aliphatic heterocycles. The van der Waals surface area contributed by atoms with Crippen molar-refractivity contribution in [2.24, 2.45) is 5.92 Å². The van der Waals surface area contributed by atoms with Crippen LogP contribution in [0.5, 0.6) is 0 Å². The highest BCUT2D eigenvalue weighted by atomic mass is 32.1. The molecule has 0 fully saturated rings. The smallest absolute Gasteiger partial charge is 0.226 e. The predicted octanol–water partition coefficient (Wildman–Crippen LogP) is 5.09. The number of thiophene rings is 1. The number of carbonyl (C=O) groups is 1. The first kappa shape index (κ1) is 16.8. The zero-order valence-corrected chi connectivity index (χ0v) is 14.3. The maximum absolute atomic E-state index is 13.0. The molecule has 0 spiro atoms. The van der Waals surface area contributed by atoms with Crippen LogP contribution in [0.25, 0.3) is 0 Å². The van der Waals surface area contributed by atoms with Gasteiger partial charge >= 0.3 is 0 Å². The first-order valence-corrected chi connectivity index (χ1v) is 8.94. The van der Waals surface area contributed by atoms with E-state index in [1.165, 1.54) is 4.88 Å². The molecule has 2 heterocycles. The Kier molecular flexibility index (Phi) is 6.72. The van der Waals surface area contributed by atoms with Crippen LogP contribution in [0, 0.1) is 5.92 Å². The fourth-order valence-electron chi connectivity index (χ4n) is 2.75. The van der Waals surface area contributed by atoms with Crippen LogP contribution < -0.4 is 0 Å². The highest BCUT2D eigenvalue weighted by Gasteiger charge is 2.23. The molecule has 1 amide bonds. The lowest BCUT2D eigenvalue weighted by Gasteiger charge is -2.26. The molecule has 22 heavy (non-hydrogen) atoms. The van der Waals surface area contributed by atoms with E-state index in [9.17, 15) is 4.79 Å². The molecular weight excluding hydrogens is 294 g/mol. The zero-order valence-electron chi connectivity index (χ0n) is 13.5. The standard InChI is InChI=1S/C18H25NO2S/c1-3-6-16(7-4-2)18(20)19(12-15-9-10-21-14-15)13-17-8-5-11-22-17/h5,8-11,14,16H,3-4,6-7,12-13H2,1-2H3. The van der Waals surface area contributed by atoms with Crippen LogP contribution in [-0.2, 0) is 17.9 Å². The van der Waals surface area contributed by atoms with Gasteiger partial charge in [0, 0.05) is 22.9 Å². The van der Waals surface area contributed by atoms with E-state index in [4.69, 9.17) is 4.42 Å². The molecule has 0 saturated carbocycles. The second kappa shape index (κ2) is 8.79. The molecule has 120 valence electrons. The van der Waals surface area contributed by atoms with Crippen LogP contribution in [-0.4, -0.2) is 10.8 Å². The Bertz CT molecular complexity index is 491. The molecule has 0 N–H and O–H groups in total. The minimum Gasteiger partial charge on any atom is -0.472 e. The number of furan rings is 1. The van der Waals surface area contributed by atoms with Gasteiger partial charge in [0.05, 0.1) is 19.1 Å². The third kappa shape index (κ3) is 4.73. The van der Waals surface area contributed by atoms with E-state index in [-0.39, 0.29) is 11.8 Å². The summed E-state index contributed by atoms with van der Waals surface area (Å²) in [6, 6.07) is 6.06. The molecule has 0 radical (unpaired) electrons. The summed E-state index contributed by atoms with van der Waals surface area (Å²) in [6.45, 7) is 5.61. The van der Waals surface area contributed by atoms with E-state index < -0.39 is 0 Å². The zero-order chi connectivity index (χ0) is 15.8. The van der Waals surface area contributed by atoms with Gasteiger partial charge in [0.15, 0.2) is 0 Å². The number of rotatable bonds is 9. The summed E-state index contributed by atoms with van der Waals surface area (Å²) >= 11 is 1.70. The number of hydrogen-bond acceptors (Lipinski definition) is 3. The fraction of sp³-hybridized carbons (Fsp3) is 0.500. The highest BCUT2D eigenvalue weighted by molar-refractivity contribution is 7.09. The average molecular weight is 319 g/mol. The van der Waals surface area contributed by atoms with Crippen molar-refractivity contribution in [2.75, 3.05) is 0 Å². The molecule has 0 aromatic carbocycles. The van der Waals surface area contributed by atoms with Crippen molar-refractivity contribution in [3.8, 4) is 0 Å². The summed E-state index contributed by atoms with van der Waals surface area (Å²) in [5, 5.41) is 2.06. The van der Waals surface area contributed by atoms with Crippen LogP contribution >= 0.6 is 11.3 Å². The van der Waals surface area contributed by atoms with Crippen molar-refractivity contribution >= 4 is 17.2 Å². The van der Waals surface area contributed by atoms with E-state index in [1.54, 1.807) is 23.9 Å². The Balaban J connectivity index is 2.12. The number of nitrogens with zero attached hydrogens (tertiary/aromatic N) is 1. The van der Waals surface area contributed by atoms with Gasteiger partial charge in [-0.3, -0.25) is 4.79 Å². The number of amides is 1. The summed E-state index contributed by atoms with van der Waals surface area (Å²) in [4.78, 5) is 16.2. The average Bonchev–Trinajstić information content (AvgIpc) is 3.19. The maximum Gasteiger partial charge on any atom is 0.226 e. The summed E-state index contributed by atoms with van der Waals surface area (Å²) in [5.74, 6) is 0.417. The molecule has 2 aromatic rings. The van der Waals surface area contributed by atoms with Gasteiger partial charge in [0.25, 0.3) is 0 Å². The Labute approximate surface area is 136 Å². The number of hydrogen-bond donors (Lipinski definition) is 0. The van der Waals surface area contributed by atoms with Crippen LogP contribution in [0.1, 0.15) is 50.0 Å². The topological polar surface area (TPSA) is 33.5 Å². The van der Waals surface area contributed by atoms with E-state index in [2.05, 4.69) is 25.3 Å². The van der Waals surface area contributed by atoms with Crippen LogP contribution in [0.2, 0.25) is 0 Å². The third-order valence-electron chi connectivity index (χ3n) is 3.82. The first-order valence-electron chi connectivity index (χ1n) is 8.06. The minimum atomic E-state index is 0.141. The van der Waals surface area contributed by atoms with Crippen molar-refractivity contribution in [2.45, 2.75) is 52.6 Å². The van der Waals surface area contributed by atoms with Crippen molar-refractivity contribution in [3.05, 3.63) is 46.5 Å². The van der Waals surface area contributed by atoms with Crippen LogP contribution in [0.3, 0.4) is 0 Å². The van der Waals surface area contributed by atoms with E-state index in [1.807, 2.05) is 17.0 Å². The Hall–Kier alpha value is -1.55. The molecule has 2 rings (SSSR count). The Morgan fingerprint density at radius 3 is 2.55 bits per heavy atom. The fourth-order valence-corrected chi connectivity index (χ4v) is 3.47. The molecular formula is C18H25NO2S. The normalized spacial score (nSPS) is 11.0. The summed E-state index contributed by atoms with van der Waals surface area (Å²) in [6.07, 6.45) is 7.43. The van der Waals surface area contributed by atoms with E-state index >= 15 is 0 Å². The first-order chi connectivity index (χ1) is 10.7. The van der Waals surface area contributed by atoms with Gasteiger partial charge in [-0.05, 0) is 30.4 Å². The Morgan fingerprint density at radius 2 is 2.00 bits per heavy atom. The van der Waals surface area contributed by atoms with E-state index in [0.717, 1.165) is 31.2 Å². The largest absolute Gasteiger partial charge is 0.472 e. The predicted molar refractivity (Wildman–Crippen MR) is 90.6 cm³/mol. The van der Waals surface area contributed by atoms with Crippen LogP contribution in [0.4, 0.5) is 0 Å². The minimum absolute atomic E-state index is 0.141. The van der Waals surface area contributed by atoms with Gasteiger partial charge in [-0.1, -0.05) is 32.8 Å².